The van der Waals surface area contributed by atoms with Crippen molar-refractivity contribution < 1.29 is 19.4 Å². The van der Waals surface area contributed by atoms with E-state index in [4.69, 9.17) is 9.84 Å². The summed E-state index contributed by atoms with van der Waals surface area (Å²) in [6.07, 6.45) is 0.945. The van der Waals surface area contributed by atoms with Gasteiger partial charge in [-0.15, -0.1) is 0 Å². The van der Waals surface area contributed by atoms with Crippen LogP contribution in [0.3, 0.4) is 0 Å². The van der Waals surface area contributed by atoms with Crippen molar-refractivity contribution in [1.82, 2.24) is 0 Å². The van der Waals surface area contributed by atoms with Crippen molar-refractivity contribution >= 4 is 17.6 Å². The monoisotopic (exact) mass is 299 g/mol. The molecule has 114 valence electrons. The molecule has 0 saturated carbocycles. The van der Waals surface area contributed by atoms with Crippen LogP contribution in [0.4, 0.5) is 5.69 Å². The molecule has 0 aliphatic rings. The molecule has 2 aromatic carbocycles. The maximum absolute atomic E-state index is 11.8. The standard InChI is InChI=1S/C17H17NO4/c1-2-12-6-8-15(9-7-12)22-11-16(19)18-14-5-3-4-13(10-14)17(20)21/h3-10H,2,11H2,1H3,(H,18,19)(H,20,21). The van der Waals surface area contributed by atoms with E-state index in [2.05, 4.69) is 12.2 Å². The Morgan fingerprint density at radius 2 is 1.86 bits per heavy atom. The molecule has 1 amide bonds. The van der Waals surface area contributed by atoms with Gasteiger partial charge < -0.3 is 15.2 Å². The minimum Gasteiger partial charge on any atom is -0.484 e. The topological polar surface area (TPSA) is 75.6 Å². The van der Waals surface area contributed by atoms with Gasteiger partial charge in [-0.3, -0.25) is 4.79 Å². The first-order valence-electron chi connectivity index (χ1n) is 6.93. The zero-order valence-electron chi connectivity index (χ0n) is 12.2. The number of rotatable bonds is 6. The van der Waals surface area contributed by atoms with Gasteiger partial charge in [-0.1, -0.05) is 25.1 Å². The molecule has 0 heterocycles. The molecule has 0 radical (unpaired) electrons. The third-order valence-electron chi connectivity index (χ3n) is 3.09. The molecule has 0 unspecified atom stereocenters. The number of benzene rings is 2. The summed E-state index contributed by atoms with van der Waals surface area (Å²) < 4.78 is 5.39. The maximum atomic E-state index is 11.8. The number of hydrogen-bond donors (Lipinski definition) is 2. The molecular formula is C17H17NO4. The average Bonchev–Trinajstić information content (AvgIpc) is 2.53. The third kappa shape index (κ3) is 4.34. The van der Waals surface area contributed by atoms with Crippen LogP contribution in [0.25, 0.3) is 0 Å². The summed E-state index contributed by atoms with van der Waals surface area (Å²) in [5, 5.41) is 11.5. The number of carboxylic acids is 1. The second kappa shape index (κ2) is 7.26. The van der Waals surface area contributed by atoms with Gasteiger partial charge in [0.15, 0.2) is 6.61 Å². The zero-order valence-corrected chi connectivity index (χ0v) is 12.2. The lowest BCUT2D eigenvalue weighted by Gasteiger charge is -2.08. The first-order valence-corrected chi connectivity index (χ1v) is 6.93. The van der Waals surface area contributed by atoms with E-state index in [1.54, 1.807) is 12.1 Å². The first kappa shape index (κ1) is 15.6. The number of hydrogen-bond acceptors (Lipinski definition) is 3. The lowest BCUT2D eigenvalue weighted by atomic mass is 10.2. The van der Waals surface area contributed by atoms with Crippen molar-refractivity contribution in [3.05, 3.63) is 59.7 Å². The average molecular weight is 299 g/mol. The maximum Gasteiger partial charge on any atom is 0.335 e. The molecule has 0 aromatic heterocycles. The Morgan fingerprint density at radius 3 is 2.50 bits per heavy atom. The van der Waals surface area contributed by atoms with Crippen molar-refractivity contribution in [3.63, 3.8) is 0 Å². The van der Waals surface area contributed by atoms with E-state index in [1.807, 2.05) is 24.3 Å². The molecule has 0 saturated heterocycles. The molecule has 0 aliphatic heterocycles. The van der Waals surface area contributed by atoms with Gasteiger partial charge in [-0.25, -0.2) is 4.79 Å². The van der Waals surface area contributed by atoms with Gasteiger partial charge in [0.2, 0.25) is 0 Å². The second-order valence-electron chi connectivity index (χ2n) is 4.72. The fraction of sp³-hybridized carbons (Fsp3) is 0.176. The number of nitrogens with one attached hydrogen (secondary N) is 1. The van der Waals surface area contributed by atoms with E-state index in [0.717, 1.165) is 6.42 Å². The number of carbonyl (C=O) groups excluding carboxylic acids is 1. The Morgan fingerprint density at radius 1 is 1.14 bits per heavy atom. The zero-order chi connectivity index (χ0) is 15.9. The molecule has 0 atom stereocenters. The van der Waals surface area contributed by atoms with Crippen LogP contribution in [0.5, 0.6) is 5.75 Å². The molecule has 22 heavy (non-hydrogen) atoms. The number of aryl methyl sites for hydroxylation is 1. The number of anilines is 1. The van der Waals surface area contributed by atoms with Crippen molar-refractivity contribution in [2.75, 3.05) is 11.9 Å². The number of carboxylic acid groups (broad SMARTS) is 1. The summed E-state index contributed by atoms with van der Waals surface area (Å²) in [4.78, 5) is 22.7. The van der Waals surface area contributed by atoms with Crippen LogP contribution in [-0.2, 0) is 11.2 Å². The fourth-order valence-corrected chi connectivity index (χ4v) is 1.90. The molecular weight excluding hydrogens is 282 g/mol. The van der Waals surface area contributed by atoms with Crippen molar-refractivity contribution in [2.45, 2.75) is 13.3 Å². The van der Waals surface area contributed by atoms with Gasteiger partial charge in [0.05, 0.1) is 5.56 Å². The minimum atomic E-state index is -1.04. The Bertz CT molecular complexity index is 665. The molecule has 2 rings (SSSR count). The summed E-state index contributed by atoms with van der Waals surface area (Å²) in [7, 11) is 0. The molecule has 2 N–H and O–H groups in total. The van der Waals surface area contributed by atoms with E-state index >= 15 is 0 Å². The SMILES string of the molecule is CCc1ccc(OCC(=O)Nc2cccc(C(=O)O)c2)cc1. The highest BCUT2D eigenvalue weighted by Crippen LogP contribution is 2.13. The Kier molecular flexibility index (Phi) is 5.14. The molecule has 0 spiro atoms. The number of carbonyl (C=O) groups is 2. The largest absolute Gasteiger partial charge is 0.484 e. The number of ether oxygens (including phenoxy) is 1. The Labute approximate surface area is 128 Å². The minimum absolute atomic E-state index is 0.119. The number of amides is 1. The van der Waals surface area contributed by atoms with Crippen LogP contribution in [0.2, 0.25) is 0 Å². The van der Waals surface area contributed by atoms with Gasteiger partial charge >= 0.3 is 5.97 Å². The van der Waals surface area contributed by atoms with Crippen LogP contribution in [0, 0.1) is 0 Å². The van der Waals surface area contributed by atoms with Crippen LogP contribution in [-0.4, -0.2) is 23.6 Å². The van der Waals surface area contributed by atoms with E-state index in [-0.39, 0.29) is 18.1 Å². The van der Waals surface area contributed by atoms with E-state index in [9.17, 15) is 9.59 Å². The quantitative estimate of drug-likeness (QED) is 0.860. The van der Waals surface area contributed by atoms with Gasteiger partial charge in [0.1, 0.15) is 5.75 Å². The smallest absolute Gasteiger partial charge is 0.335 e. The van der Waals surface area contributed by atoms with Crippen molar-refractivity contribution in [2.24, 2.45) is 0 Å². The van der Waals surface area contributed by atoms with Gasteiger partial charge in [0.25, 0.3) is 5.91 Å². The Hall–Kier alpha value is -2.82. The molecule has 0 bridgehead atoms. The molecule has 5 nitrogen and oxygen atoms in total. The van der Waals surface area contributed by atoms with Crippen LogP contribution >= 0.6 is 0 Å². The summed E-state index contributed by atoms with van der Waals surface area (Å²) in [6.45, 7) is 1.93. The highest BCUT2D eigenvalue weighted by Gasteiger charge is 2.07. The first-order chi connectivity index (χ1) is 10.6. The molecule has 0 fully saturated rings. The third-order valence-corrected chi connectivity index (χ3v) is 3.09. The van der Waals surface area contributed by atoms with E-state index < -0.39 is 5.97 Å². The lowest BCUT2D eigenvalue weighted by molar-refractivity contribution is -0.118. The van der Waals surface area contributed by atoms with Crippen molar-refractivity contribution in [1.29, 1.82) is 0 Å². The van der Waals surface area contributed by atoms with Crippen molar-refractivity contribution in [3.8, 4) is 5.75 Å². The van der Waals surface area contributed by atoms with Gasteiger partial charge in [0, 0.05) is 5.69 Å². The fourth-order valence-electron chi connectivity index (χ4n) is 1.90. The summed E-state index contributed by atoms with van der Waals surface area (Å²) in [6, 6.07) is 13.6. The van der Waals surface area contributed by atoms with Crippen LogP contribution in [0.1, 0.15) is 22.8 Å². The van der Waals surface area contributed by atoms with Crippen LogP contribution in [0.15, 0.2) is 48.5 Å². The van der Waals surface area contributed by atoms with Gasteiger partial charge in [-0.2, -0.15) is 0 Å². The molecule has 5 heteroatoms. The summed E-state index contributed by atoms with van der Waals surface area (Å²) in [5.74, 6) is -0.767. The predicted molar refractivity (Wildman–Crippen MR) is 83.3 cm³/mol. The summed E-state index contributed by atoms with van der Waals surface area (Å²) in [5.41, 5.74) is 1.74. The van der Waals surface area contributed by atoms with E-state index in [1.165, 1.54) is 17.7 Å². The van der Waals surface area contributed by atoms with E-state index in [0.29, 0.717) is 11.4 Å². The highest BCUT2D eigenvalue weighted by molar-refractivity contribution is 5.94. The Balaban J connectivity index is 1.89. The molecule has 2 aromatic rings. The normalized spacial score (nSPS) is 10.0. The van der Waals surface area contributed by atoms with Gasteiger partial charge in [-0.05, 0) is 42.3 Å². The molecule has 0 aliphatic carbocycles. The lowest BCUT2D eigenvalue weighted by Crippen LogP contribution is -2.20. The second-order valence-corrected chi connectivity index (χ2v) is 4.72. The number of aromatic carboxylic acids is 1. The highest BCUT2D eigenvalue weighted by atomic mass is 16.5. The predicted octanol–water partition coefficient (Wildman–Crippen LogP) is 2.96. The van der Waals surface area contributed by atoms with Crippen LogP contribution < -0.4 is 10.1 Å². The summed E-state index contributed by atoms with van der Waals surface area (Å²) >= 11 is 0.